The number of hydrogen-bond donors (Lipinski definition) is 1. The predicted octanol–water partition coefficient (Wildman–Crippen LogP) is 2.51. The van der Waals surface area contributed by atoms with Gasteiger partial charge in [-0.15, -0.1) is 0 Å². The molecule has 2 rings (SSSR count). The molecule has 0 radical (unpaired) electrons. The number of nitrogens with one attached hydrogen (secondary N) is 1. The van der Waals surface area contributed by atoms with Gasteiger partial charge in [0.05, 0.1) is 12.7 Å². The molecule has 7 heteroatoms. The Morgan fingerprint density at radius 2 is 1.73 bits per heavy atom. The fourth-order valence-corrected chi connectivity index (χ4v) is 3.85. The molecule has 1 amide bonds. The van der Waals surface area contributed by atoms with E-state index in [0.29, 0.717) is 5.56 Å². The summed E-state index contributed by atoms with van der Waals surface area (Å²) in [4.78, 5) is 12.0. The number of benzene rings is 2. The quantitative estimate of drug-likeness (QED) is 0.768. The minimum atomic E-state index is -3.45. The molecule has 0 bridgehead atoms. The Morgan fingerprint density at radius 3 is 2.35 bits per heavy atom. The average molecular weight is 378 g/mol. The molecule has 0 aliphatic carbocycles. The molecule has 140 valence electrons. The molecular weight excluding hydrogens is 355 g/mol. The van der Waals surface area contributed by atoms with Crippen LogP contribution < -0.4 is 5.32 Å². The van der Waals surface area contributed by atoms with Crippen molar-refractivity contribution in [3.05, 3.63) is 71.5 Å². The normalized spacial score (nSPS) is 12.8. The van der Waals surface area contributed by atoms with Gasteiger partial charge >= 0.3 is 0 Å². The number of halogens is 1. The van der Waals surface area contributed by atoms with Crippen LogP contribution in [0.3, 0.4) is 0 Å². The first-order valence-electron chi connectivity index (χ1n) is 8.31. The lowest BCUT2D eigenvalue weighted by atomic mass is 10.1. The van der Waals surface area contributed by atoms with Crippen LogP contribution in [0.5, 0.6) is 0 Å². The molecule has 1 unspecified atom stereocenters. The van der Waals surface area contributed by atoms with Gasteiger partial charge in [-0.1, -0.05) is 48.5 Å². The molecule has 0 saturated heterocycles. The summed E-state index contributed by atoms with van der Waals surface area (Å²) in [6.07, 6.45) is 1.06. The van der Waals surface area contributed by atoms with E-state index in [0.717, 1.165) is 11.8 Å². The van der Waals surface area contributed by atoms with Gasteiger partial charge in [-0.05, 0) is 24.1 Å². The molecule has 5 nitrogen and oxygen atoms in total. The summed E-state index contributed by atoms with van der Waals surface area (Å²) in [5, 5.41) is 2.66. The van der Waals surface area contributed by atoms with E-state index < -0.39 is 15.8 Å². The van der Waals surface area contributed by atoms with Gasteiger partial charge in [0.1, 0.15) is 5.82 Å². The van der Waals surface area contributed by atoms with Gasteiger partial charge in [0.15, 0.2) is 0 Å². The molecule has 0 aliphatic rings. The third kappa shape index (κ3) is 5.64. The van der Waals surface area contributed by atoms with Crippen molar-refractivity contribution >= 4 is 15.9 Å². The first-order chi connectivity index (χ1) is 12.3. The average Bonchev–Trinajstić information content (AvgIpc) is 2.60. The third-order valence-electron chi connectivity index (χ3n) is 4.10. The van der Waals surface area contributed by atoms with Crippen LogP contribution in [0.1, 0.15) is 24.1 Å². The number of carbonyl (C=O) groups is 1. The van der Waals surface area contributed by atoms with E-state index in [1.165, 1.54) is 10.4 Å². The topological polar surface area (TPSA) is 66.5 Å². The van der Waals surface area contributed by atoms with Crippen molar-refractivity contribution in [1.29, 1.82) is 0 Å². The molecule has 1 atom stereocenters. The zero-order valence-electron chi connectivity index (χ0n) is 14.9. The van der Waals surface area contributed by atoms with Crippen molar-refractivity contribution < 1.29 is 17.6 Å². The Hall–Kier alpha value is -2.25. The molecule has 0 aliphatic heterocycles. The molecule has 0 spiro atoms. The van der Waals surface area contributed by atoms with Gasteiger partial charge in [-0.25, -0.2) is 12.8 Å². The summed E-state index contributed by atoms with van der Waals surface area (Å²) >= 11 is 0. The predicted molar refractivity (Wildman–Crippen MR) is 99.5 cm³/mol. The number of nitrogens with zero attached hydrogens (tertiary/aromatic N) is 1. The highest BCUT2D eigenvalue weighted by molar-refractivity contribution is 7.88. The Morgan fingerprint density at radius 1 is 1.12 bits per heavy atom. The van der Waals surface area contributed by atoms with Crippen LogP contribution in [-0.4, -0.2) is 38.0 Å². The minimum absolute atomic E-state index is 0.0835. The van der Waals surface area contributed by atoms with Crippen LogP contribution in [0.2, 0.25) is 0 Å². The van der Waals surface area contributed by atoms with Crippen LogP contribution in [0.15, 0.2) is 54.6 Å². The third-order valence-corrected chi connectivity index (χ3v) is 5.45. The molecular formula is C19H23FN2O3S. The summed E-state index contributed by atoms with van der Waals surface area (Å²) in [6.45, 7) is 2.09. The number of sulfonamides is 1. The molecule has 0 aromatic heterocycles. The van der Waals surface area contributed by atoms with Gasteiger partial charge < -0.3 is 5.32 Å². The Kier molecular flexibility index (Phi) is 6.88. The van der Waals surface area contributed by atoms with Gasteiger partial charge in [-0.3, -0.25) is 4.79 Å². The van der Waals surface area contributed by atoms with Crippen molar-refractivity contribution in [3.63, 3.8) is 0 Å². The van der Waals surface area contributed by atoms with Crippen LogP contribution in [0.4, 0.5) is 4.39 Å². The summed E-state index contributed by atoms with van der Waals surface area (Å²) in [6, 6.07) is 15.0. The molecule has 2 aromatic rings. The second kappa shape index (κ2) is 8.91. The molecule has 2 aromatic carbocycles. The van der Waals surface area contributed by atoms with E-state index in [2.05, 4.69) is 5.32 Å². The highest BCUT2D eigenvalue weighted by atomic mass is 32.2. The lowest BCUT2D eigenvalue weighted by Crippen LogP contribution is -2.39. The first-order valence-corrected chi connectivity index (χ1v) is 10.2. The number of carbonyl (C=O) groups excluding carboxylic acids is 1. The monoisotopic (exact) mass is 378 g/mol. The molecule has 1 N–H and O–H groups in total. The zero-order valence-corrected chi connectivity index (χ0v) is 15.7. The van der Waals surface area contributed by atoms with Gasteiger partial charge in [0.25, 0.3) is 0 Å². The lowest BCUT2D eigenvalue weighted by Gasteiger charge is -2.27. The van der Waals surface area contributed by atoms with Crippen molar-refractivity contribution in [2.45, 2.75) is 19.4 Å². The minimum Gasteiger partial charge on any atom is -0.354 e. The van der Waals surface area contributed by atoms with Crippen molar-refractivity contribution in [3.8, 4) is 0 Å². The summed E-state index contributed by atoms with van der Waals surface area (Å²) in [5.41, 5.74) is 1.18. The fourth-order valence-electron chi connectivity index (χ4n) is 2.73. The maximum absolute atomic E-state index is 13.6. The molecule has 26 heavy (non-hydrogen) atoms. The first kappa shape index (κ1) is 20.1. The number of rotatable bonds is 8. The van der Waals surface area contributed by atoms with Gasteiger partial charge in [-0.2, -0.15) is 4.31 Å². The summed E-state index contributed by atoms with van der Waals surface area (Å²) in [5.74, 6) is -0.783. The van der Waals surface area contributed by atoms with Crippen LogP contribution >= 0.6 is 0 Å². The Labute approximate surface area is 153 Å². The van der Waals surface area contributed by atoms with Crippen LogP contribution in [0.25, 0.3) is 0 Å². The number of amides is 1. The maximum atomic E-state index is 13.6. The van der Waals surface area contributed by atoms with E-state index in [4.69, 9.17) is 0 Å². The fraction of sp³-hybridized carbons (Fsp3) is 0.316. The van der Waals surface area contributed by atoms with E-state index in [1.807, 2.05) is 30.3 Å². The Bertz CT molecular complexity index is 841. The molecule has 0 saturated carbocycles. The van der Waals surface area contributed by atoms with Crippen molar-refractivity contribution in [1.82, 2.24) is 9.62 Å². The lowest BCUT2D eigenvalue weighted by molar-refractivity contribution is -0.120. The van der Waals surface area contributed by atoms with E-state index >= 15 is 0 Å². The SMILES string of the molecule is CC(c1ccccc1)N(CCNC(=O)Cc1ccccc1F)S(C)(=O)=O. The van der Waals surface area contributed by atoms with Crippen LogP contribution in [-0.2, 0) is 21.2 Å². The number of hydrogen-bond acceptors (Lipinski definition) is 3. The Balaban J connectivity index is 1.96. The van der Waals surface area contributed by atoms with E-state index in [9.17, 15) is 17.6 Å². The largest absolute Gasteiger partial charge is 0.354 e. The van der Waals surface area contributed by atoms with E-state index in [-0.39, 0.29) is 31.5 Å². The zero-order chi connectivity index (χ0) is 19.2. The summed E-state index contributed by atoms with van der Waals surface area (Å²) in [7, 11) is -3.45. The molecule has 0 heterocycles. The van der Waals surface area contributed by atoms with Crippen molar-refractivity contribution in [2.24, 2.45) is 0 Å². The van der Waals surface area contributed by atoms with Gasteiger partial charge in [0, 0.05) is 19.1 Å². The maximum Gasteiger partial charge on any atom is 0.224 e. The van der Waals surface area contributed by atoms with Crippen LogP contribution in [0, 0.1) is 5.82 Å². The second-order valence-corrected chi connectivity index (χ2v) is 8.01. The van der Waals surface area contributed by atoms with E-state index in [1.54, 1.807) is 25.1 Å². The highest BCUT2D eigenvalue weighted by Gasteiger charge is 2.24. The van der Waals surface area contributed by atoms with Gasteiger partial charge in [0.2, 0.25) is 15.9 Å². The second-order valence-electron chi connectivity index (χ2n) is 6.08. The standard InChI is InChI=1S/C19H23FN2O3S/c1-15(16-8-4-3-5-9-16)22(26(2,24)25)13-12-21-19(23)14-17-10-6-7-11-18(17)20/h3-11,15H,12-14H2,1-2H3,(H,21,23). The summed E-state index contributed by atoms with van der Waals surface area (Å²) < 4.78 is 39.2. The molecule has 0 fully saturated rings. The van der Waals surface area contributed by atoms with Crippen molar-refractivity contribution in [2.75, 3.05) is 19.3 Å². The highest BCUT2D eigenvalue weighted by Crippen LogP contribution is 2.21. The smallest absolute Gasteiger partial charge is 0.224 e.